The number of hydrogen-bond acceptors (Lipinski definition) is 3. The van der Waals surface area contributed by atoms with Gasteiger partial charge in [-0.2, -0.15) is 0 Å². The summed E-state index contributed by atoms with van der Waals surface area (Å²) in [7, 11) is 0. The van der Waals surface area contributed by atoms with Crippen molar-refractivity contribution in [1.29, 1.82) is 0 Å². The number of carbonyl (C=O) groups is 1. The highest BCUT2D eigenvalue weighted by Crippen LogP contribution is 2.21. The summed E-state index contributed by atoms with van der Waals surface area (Å²) in [5.74, 6) is 1.20. The molecular weight excluding hydrogens is 320 g/mol. The molecule has 0 unspecified atom stereocenters. The van der Waals surface area contributed by atoms with Gasteiger partial charge in [0.25, 0.3) is 5.91 Å². The summed E-state index contributed by atoms with van der Waals surface area (Å²) in [5.41, 5.74) is 3.46. The smallest absolute Gasteiger partial charge is 0.251 e. The Balaban J connectivity index is 2.13. The Morgan fingerprint density at radius 3 is 2.55 bits per heavy atom. The van der Waals surface area contributed by atoms with Crippen molar-refractivity contribution in [3.63, 3.8) is 0 Å². The molecule has 1 aromatic carbocycles. The fraction of sp³-hybridized carbons (Fsp3) is 0.333. The Labute approximate surface area is 126 Å². The Morgan fingerprint density at radius 1 is 1.25 bits per heavy atom. The lowest BCUT2D eigenvalue weighted by molar-refractivity contribution is 0.0947. The van der Waals surface area contributed by atoms with Crippen LogP contribution < -0.4 is 5.32 Å². The molecular formula is C15H17BrN2O2. The summed E-state index contributed by atoms with van der Waals surface area (Å²) in [5, 5.41) is 2.87. The maximum Gasteiger partial charge on any atom is 0.251 e. The number of carbonyl (C=O) groups excluding carboxylic acids is 1. The zero-order valence-corrected chi connectivity index (χ0v) is 13.6. The highest BCUT2D eigenvalue weighted by molar-refractivity contribution is 9.10. The molecule has 1 aromatic heterocycles. The fourth-order valence-electron chi connectivity index (χ4n) is 2.02. The molecule has 5 heteroatoms. The average molecular weight is 337 g/mol. The molecule has 4 nitrogen and oxygen atoms in total. The van der Waals surface area contributed by atoms with Crippen LogP contribution in [0.4, 0.5) is 0 Å². The first kappa shape index (κ1) is 14.8. The third-order valence-corrected chi connectivity index (χ3v) is 4.01. The number of nitrogens with one attached hydrogen (secondary N) is 1. The lowest BCUT2D eigenvalue weighted by Gasteiger charge is -2.09. The third kappa shape index (κ3) is 3.10. The number of halogens is 1. The van der Waals surface area contributed by atoms with Crippen molar-refractivity contribution in [3.05, 3.63) is 50.6 Å². The third-order valence-electron chi connectivity index (χ3n) is 3.16. The molecule has 0 radical (unpaired) electrons. The summed E-state index contributed by atoms with van der Waals surface area (Å²) in [4.78, 5) is 16.4. The first-order valence-electron chi connectivity index (χ1n) is 6.36. The molecule has 1 heterocycles. The molecule has 0 fully saturated rings. The van der Waals surface area contributed by atoms with Crippen LogP contribution in [0.1, 0.15) is 38.8 Å². The summed E-state index contributed by atoms with van der Waals surface area (Å²) < 4.78 is 6.45. The van der Waals surface area contributed by atoms with E-state index in [0.717, 1.165) is 21.3 Å². The van der Waals surface area contributed by atoms with Gasteiger partial charge in [0.05, 0.1) is 12.2 Å². The highest BCUT2D eigenvalue weighted by Gasteiger charge is 2.13. The van der Waals surface area contributed by atoms with Crippen LogP contribution in [0.15, 0.2) is 21.0 Å². The molecule has 0 atom stereocenters. The van der Waals surface area contributed by atoms with Crippen LogP contribution in [0.25, 0.3) is 0 Å². The quantitative estimate of drug-likeness (QED) is 0.931. The second kappa shape index (κ2) is 5.79. The summed E-state index contributed by atoms with van der Waals surface area (Å²) in [6, 6.07) is 3.83. The Kier molecular flexibility index (Phi) is 4.28. The molecule has 0 aliphatic rings. The second-order valence-corrected chi connectivity index (χ2v) is 5.69. The first-order valence-corrected chi connectivity index (χ1v) is 7.15. The van der Waals surface area contributed by atoms with Crippen LogP contribution in [-0.2, 0) is 6.54 Å². The summed E-state index contributed by atoms with van der Waals surface area (Å²) in [6.07, 6.45) is 0. The molecule has 0 saturated heterocycles. The van der Waals surface area contributed by atoms with Crippen molar-refractivity contribution in [2.45, 2.75) is 34.2 Å². The van der Waals surface area contributed by atoms with Gasteiger partial charge in [-0.15, -0.1) is 0 Å². The summed E-state index contributed by atoms with van der Waals surface area (Å²) in [6.45, 7) is 7.89. The van der Waals surface area contributed by atoms with Gasteiger partial charge in [0.2, 0.25) is 0 Å². The van der Waals surface area contributed by atoms with Crippen molar-refractivity contribution in [3.8, 4) is 0 Å². The number of benzene rings is 1. The van der Waals surface area contributed by atoms with Gasteiger partial charge in [0.15, 0.2) is 5.89 Å². The molecule has 0 bridgehead atoms. The van der Waals surface area contributed by atoms with E-state index in [1.54, 1.807) is 6.92 Å². The Hall–Kier alpha value is -1.62. The monoisotopic (exact) mass is 336 g/mol. The number of rotatable bonds is 3. The second-order valence-electron chi connectivity index (χ2n) is 4.84. The van der Waals surface area contributed by atoms with Crippen molar-refractivity contribution in [2.75, 3.05) is 0 Å². The number of amides is 1. The minimum atomic E-state index is -0.105. The maximum atomic E-state index is 12.2. The van der Waals surface area contributed by atoms with E-state index in [0.29, 0.717) is 23.8 Å². The van der Waals surface area contributed by atoms with Gasteiger partial charge in [-0.1, -0.05) is 15.9 Å². The summed E-state index contributed by atoms with van der Waals surface area (Å²) >= 11 is 3.46. The van der Waals surface area contributed by atoms with Crippen LogP contribution >= 0.6 is 15.9 Å². The SMILES string of the molecule is Cc1nc(C)c(CNC(=O)c2cc(C)c(Br)cc2C)o1. The van der Waals surface area contributed by atoms with Gasteiger partial charge in [-0.25, -0.2) is 4.98 Å². The van der Waals surface area contributed by atoms with Crippen LogP contribution in [0.3, 0.4) is 0 Å². The van der Waals surface area contributed by atoms with E-state index in [2.05, 4.69) is 26.2 Å². The van der Waals surface area contributed by atoms with E-state index in [1.807, 2.05) is 32.9 Å². The van der Waals surface area contributed by atoms with Gasteiger partial charge in [0.1, 0.15) is 5.76 Å². The normalized spacial score (nSPS) is 10.7. The van der Waals surface area contributed by atoms with Crippen LogP contribution in [0.2, 0.25) is 0 Å². The van der Waals surface area contributed by atoms with Gasteiger partial charge in [0, 0.05) is 17.0 Å². The van der Waals surface area contributed by atoms with E-state index in [4.69, 9.17) is 4.42 Å². The molecule has 106 valence electrons. The number of nitrogens with zero attached hydrogens (tertiary/aromatic N) is 1. The molecule has 0 spiro atoms. The van der Waals surface area contributed by atoms with E-state index in [-0.39, 0.29) is 5.91 Å². The topological polar surface area (TPSA) is 55.1 Å². The number of aryl methyl sites for hydroxylation is 4. The minimum absolute atomic E-state index is 0.105. The van der Waals surface area contributed by atoms with Crippen LogP contribution in [0, 0.1) is 27.7 Å². The molecule has 0 aliphatic heterocycles. The highest BCUT2D eigenvalue weighted by atomic mass is 79.9. The number of aromatic nitrogens is 1. The van der Waals surface area contributed by atoms with E-state index < -0.39 is 0 Å². The van der Waals surface area contributed by atoms with E-state index in [1.165, 1.54) is 0 Å². The van der Waals surface area contributed by atoms with Gasteiger partial charge in [-0.3, -0.25) is 4.79 Å². The molecule has 0 aliphatic carbocycles. The zero-order valence-electron chi connectivity index (χ0n) is 12.0. The fourth-order valence-corrected chi connectivity index (χ4v) is 2.48. The van der Waals surface area contributed by atoms with Crippen molar-refractivity contribution in [1.82, 2.24) is 10.3 Å². The number of oxazole rings is 1. The molecule has 2 rings (SSSR count). The molecule has 2 aromatic rings. The van der Waals surface area contributed by atoms with Crippen molar-refractivity contribution in [2.24, 2.45) is 0 Å². The van der Waals surface area contributed by atoms with Crippen LogP contribution in [0.5, 0.6) is 0 Å². The molecule has 20 heavy (non-hydrogen) atoms. The van der Waals surface area contributed by atoms with E-state index in [9.17, 15) is 4.79 Å². The Morgan fingerprint density at radius 2 is 1.95 bits per heavy atom. The lowest BCUT2D eigenvalue weighted by atomic mass is 10.1. The predicted octanol–water partition coefficient (Wildman–Crippen LogP) is 3.60. The maximum absolute atomic E-state index is 12.2. The molecule has 0 saturated carbocycles. The largest absolute Gasteiger partial charge is 0.444 e. The predicted molar refractivity (Wildman–Crippen MR) is 80.8 cm³/mol. The van der Waals surface area contributed by atoms with Gasteiger partial charge >= 0.3 is 0 Å². The van der Waals surface area contributed by atoms with Gasteiger partial charge in [-0.05, 0) is 44.0 Å². The van der Waals surface area contributed by atoms with Crippen molar-refractivity contribution >= 4 is 21.8 Å². The van der Waals surface area contributed by atoms with Gasteiger partial charge < -0.3 is 9.73 Å². The minimum Gasteiger partial charge on any atom is -0.444 e. The molecule has 1 amide bonds. The average Bonchev–Trinajstić information content (AvgIpc) is 2.69. The van der Waals surface area contributed by atoms with Crippen LogP contribution in [-0.4, -0.2) is 10.9 Å². The Bertz CT molecular complexity index is 662. The van der Waals surface area contributed by atoms with E-state index >= 15 is 0 Å². The number of hydrogen-bond donors (Lipinski definition) is 1. The lowest BCUT2D eigenvalue weighted by Crippen LogP contribution is -2.24. The first-order chi connectivity index (χ1) is 9.38. The van der Waals surface area contributed by atoms with Crippen molar-refractivity contribution < 1.29 is 9.21 Å². The zero-order chi connectivity index (χ0) is 14.9. The standard InChI is InChI=1S/C15H17BrN2O2/c1-8-6-13(16)9(2)5-12(8)15(19)17-7-14-10(3)18-11(4)20-14/h5-6H,7H2,1-4H3,(H,17,19). The molecule has 1 N–H and O–H groups in total.